The molecule has 2 aliphatic heterocycles. The van der Waals surface area contributed by atoms with Gasteiger partial charge in [0.1, 0.15) is 23.1 Å². The highest BCUT2D eigenvalue weighted by Crippen LogP contribution is 2.38. The lowest BCUT2D eigenvalue weighted by atomic mass is 9.99. The summed E-state index contributed by atoms with van der Waals surface area (Å²) in [7, 11) is 4.81. The Labute approximate surface area is 292 Å². The Hall–Kier alpha value is -3.38. The predicted molar refractivity (Wildman–Crippen MR) is 198 cm³/mol. The van der Waals surface area contributed by atoms with Crippen LogP contribution in [0.3, 0.4) is 0 Å². The van der Waals surface area contributed by atoms with Gasteiger partial charge in [-0.25, -0.2) is 9.37 Å². The third-order valence-electron chi connectivity index (χ3n) is 9.32. The molecule has 2 aromatic heterocycles. The number of ether oxygens (including phenoxy) is 1. The van der Waals surface area contributed by atoms with E-state index in [0.717, 1.165) is 57.1 Å². The molecule has 0 unspecified atom stereocenters. The number of hydrogen-bond acceptors (Lipinski definition) is 10. The van der Waals surface area contributed by atoms with Crippen molar-refractivity contribution in [1.29, 1.82) is 0 Å². The molecule has 0 saturated carbocycles. The molecule has 0 spiro atoms. The number of piperidine rings is 1. The summed E-state index contributed by atoms with van der Waals surface area (Å²) in [5, 5.41) is 15.8. The average Bonchev–Trinajstić information content (AvgIpc) is 3.52. The minimum atomic E-state index is -0.811. The van der Waals surface area contributed by atoms with Gasteiger partial charge in [-0.15, -0.1) is 0 Å². The van der Waals surface area contributed by atoms with Gasteiger partial charge in [0.05, 0.1) is 29.2 Å². The van der Waals surface area contributed by atoms with Crippen LogP contribution in [0.1, 0.15) is 25.3 Å². The first-order chi connectivity index (χ1) is 23.1. The monoisotopic (exact) mass is 738 g/mol. The van der Waals surface area contributed by atoms with Crippen molar-refractivity contribution in [1.82, 2.24) is 34.8 Å². The standard InChI is InChI=1S/C34H45BrFN10OP/c1-7-22-18-27(30(47-4)19-29(22)46-12-10-23(11-13-46)45-16-14-43(2)15-17-45)40-34-37-20-25(35)33(41-34)39-26-9-8-24(28-21-38-44(3)42-28)31(36)32(26)48(5)6/h8-9,18-21,23H,7,10-17H2,1-6H3,(H2,37,39,40,41). The Morgan fingerprint density at radius 2 is 1.75 bits per heavy atom. The van der Waals surface area contributed by atoms with E-state index >= 15 is 4.39 Å². The summed E-state index contributed by atoms with van der Waals surface area (Å²) in [6.07, 6.45) is 6.49. The van der Waals surface area contributed by atoms with E-state index in [9.17, 15) is 0 Å². The first-order valence-corrected chi connectivity index (χ1v) is 19.5. The summed E-state index contributed by atoms with van der Waals surface area (Å²) < 4.78 is 22.5. The minimum absolute atomic E-state index is 0.305. The van der Waals surface area contributed by atoms with Crippen LogP contribution in [0.4, 0.5) is 33.2 Å². The van der Waals surface area contributed by atoms with Crippen LogP contribution in [0.25, 0.3) is 11.3 Å². The topological polar surface area (TPSA) is 99.5 Å². The molecule has 2 N–H and O–H groups in total. The molecule has 0 amide bonds. The highest BCUT2D eigenvalue weighted by Gasteiger charge is 2.28. The van der Waals surface area contributed by atoms with E-state index in [1.54, 1.807) is 32.6 Å². The summed E-state index contributed by atoms with van der Waals surface area (Å²) in [6, 6.07) is 8.56. The number of aryl methyl sites for hydroxylation is 2. The van der Waals surface area contributed by atoms with Crippen molar-refractivity contribution in [2.75, 3.05) is 82.3 Å². The summed E-state index contributed by atoms with van der Waals surface area (Å²) >= 11 is 3.58. The van der Waals surface area contributed by atoms with E-state index < -0.39 is 7.92 Å². The van der Waals surface area contributed by atoms with E-state index in [0.29, 0.717) is 44.5 Å². The molecule has 6 rings (SSSR count). The van der Waals surface area contributed by atoms with E-state index in [-0.39, 0.29) is 5.82 Å². The first-order valence-electron chi connectivity index (χ1n) is 16.5. The quantitative estimate of drug-likeness (QED) is 0.194. The van der Waals surface area contributed by atoms with Crippen molar-refractivity contribution in [3.8, 4) is 17.0 Å². The smallest absolute Gasteiger partial charge is 0.229 e. The summed E-state index contributed by atoms with van der Waals surface area (Å²) in [4.78, 5) is 18.4. The van der Waals surface area contributed by atoms with Gasteiger partial charge in [-0.3, -0.25) is 4.90 Å². The fourth-order valence-electron chi connectivity index (χ4n) is 6.65. The molecule has 0 aliphatic carbocycles. The van der Waals surface area contributed by atoms with Crippen LogP contribution in [-0.2, 0) is 13.5 Å². The Bertz CT molecular complexity index is 1740. The molecular formula is C34H45BrFN10OP. The molecule has 256 valence electrons. The lowest BCUT2D eigenvalue weighted by Crippen LogP contribution is -2.52. The lowest BCUT2D eigenvalue weighted by molar-refractivity contribution is 0.0982. The maximum Gasteiger partial charge on any atom is 0.229 e. The number of benzene rings is 2. The predicted octanol–water partition coefficient (Wildman–Crippen LogP) is 5.81. The molecule has 0 bridgehead atoms. The molecule has 2 aromatic carbocycles. The number of hydrogen-bond donors (Lipinski definition) is 2. The minimum Gasteiger partial charge on any atom is -0.494 e. The number of likely N-dealkylation sites (N-methyl/N-ethyl adjacent to an activating group) is 1. The largest absolute Gasteiger partial charge is 0.494 e. The third kappa shape index (κ3) is 7.44. The molecule has 11 nitrogen and oxygen atoms in total. The number of nitrogens with zero attached hydrogens (tertiary/aromatic N) is 8. The number of methoxy groups -OCH3 is 1. The fourth-order valence-corrected chi connectivity index (χ4v) is 8.07. The summed E-state index contributed by atoms with van der Waals surface area (Å²) in [5.74, 6) is 1.35. The third-order valence-corrected chi connectivity index (χ3v) is 11.2. The molecule has 48 heavy (non-hydrogen) atoms. The second-order valence-electron chi connectivity index (χ2n) is 12.7. The molecule has 2 aliphatic rings. The maximum atomic E-state index is 15.9. The van der Waals surface area contributed by atoms with Crippen molar-refractivity contribution in [3.05, 3.63) is 52.5 Å². The first kappa shape index (κ1) is 34.5. The van der Waals surface area contributed by atoms with Crippen LogP contribution in [-0.4, -0.2) is 108 Å². The molecule has 2 fully saturated rings. The molecule has 0 radical (unpaired) electrons. The van der Waals surface area contributed by atoms with Gasteiger partial charge in [-0.2, -0.15) is 20.0 Å². The Morgan fingerprint density at radius 3 is 2.40 bits per heavy atom. The zero-order valence-electron chi connectivity index (χ0n) is 28.6. The van der Waals surface area contributed by atoms with E-state index in [4.69, 9.17) is 9.72 Å². The second kappa shape index (κ2) is 15.0. The Morgan fingerprint density at radius 1 is 1.00 bits per heavy atom. The molecule has 4 heterocycles. The van der Waals surface area contributed by atoms with Crippen LogP contribution in [0.5, 0.6) is 5.75 Å². The average molecular weight is 740 g/mol. The number of aromatic nitrogens is 5. The fraction of sp³-hybridized carbons (Fsp3) is 0.471. The van der Waals surface area contributed by atoms with Gasteiger partial charge in [0.25, 0.3) is 0 Å². The van der Waals surface area contributed by atoms with Gasteiger partial charge in [-0.05, 0) is 79.3 Å². The zero-order valence-corrected chi connectivity index (χ0v) is 31.1. The normalized spacial score (nSPS) is 16.5. The number of anilines is 5. The number of nitrogens with one attached hydrogen (secondary N) is 2. The Balaban J connectivity index is 1.21. The van der Waals surface area contributed by atoms with Gasteiger partial charge in [0.15, 0.2) is 0 Å². The second-order valence-corrected chi connectivity index (χ2v) is 15.8. The highest BCUT2D eigenvalue weighted by atomic mass is 79.9. The lowest BCUT2D eigenvalue weighted by Gasteiger charge is -2.43. The Kier molecular flexibility index (Phi) is 10.8. The van der Waals surface area contributed by atoms with Crippen molar-refractivity contribution < 1.29 is 9.13 Å². The number of halogens is 2. The molecule has 14 heteroatoms. The molecule has 4 aromatic rings. The maximum absolute atomic E-state index is 15.9. The van der Waals surface area contributed by atoms with Crippen molar-refractivity contribution >= 4 is 58.0 Å². The van der Waals surface area contributed by atoms with Crippen LogP contribution >= 0.6 is 23.9 Å². The molecule has 2 saturated heterocycles. The number of piperazine rings is 1. The van der Waals surface area contributed by atoms with E-state index in [1.807, 2.05) is 19.4 Å². The SMILES string of the molecule is CCc1cc(Nc2ncc(Br)c(Nc3ccc(-c4cnn(C)n4)c(F)c3P(C)C)n2)c(OC)cc1N1CCC(N2CCN(C)CC2)CC1. The van der Waals surface area contributed by atoms with Gasteiger partial charge < -0.3 is 25.2 Å². The van der Waals surface area contributed by atoms with Crippen molar-refractivity contribution in [2.24, 2.45) is 7.05 Å². The van der Waals surface area contributed by atoms with Gasteiger partial charge in [0.2, 0.25) is 5.95 Å². The van der Waals surface area contributed by atoms with E-state index in [2.05, 4.69) is 82.5 Å². The molecular weight excluding hydrogens is 694 g/mol. The van der Waals surface area contributed by atoms with Crippen LogP contribution in [0.15, 0.2) is 41.1 Å². The van der Waals surface area contributed by atoms with Crippen LogP contribution in [0.2, 0.25) is 0 Å². The molecule has 0 atom stereocenters. The van der Waals surface area contributed by atoms with Crippen molar-refractivity contribution in [2.45, 2.75) is 32.2 Å². The summed E-state index contributed by atoms with van der Waals surface area (Å²) in [6.45, 7) is 12.9. The zero-order chi connectivity index (χ0) is 33.9. The van der Waals surface area contributed by atoms with Crippen LogP contribution < -0.4 is 25.6 Å². The van der Waals surface area contributed by atoms with Crippen LogP contribution in [0, 0.1) is 5.82 Å². The summed E-state index contributed by atoms with van der Waals surface area (Å²) in [5.41, 5.74) is 4.83. The van der Waals surface area contributed by atoms with Crippen molar-refractivity contribution in [3.63, 3.8) is 0 Å². The van der Waals surface area contributed by atoms with E-state index in [1.165, 1.54) is 28.9 Å². The van der Waals surface area contributed by atoms with Gasteiger partial charge in [0, 0.05) is 81.2 Å². The van der Waals surface area contributed by atoms with Gasteiger partial charge in [-0.1, -0.05) is 14.8 Å². The number of rotatable bonds is 10. The van der Waals surface area contributed by atoms with Gasteiger partial charge >= 0.3 is 0 Å². The highest BCUT2D eigenvalue weighted by molar-refractivity contribution is 9.10.